The van der Waals surface area contributed by atoms with Gasteiger partial charge < -0.3 is 4.42 Å². The number of hydrogen-bond donors (Lipinski definition) is 0. The SMILES string of the molecule is O=Cc1nnc(-c2cccc(F)c2)o1. The monoisotopic (exact) mass is 192 g/mol. The van der Waals surface area contributed by atoms with Gasteiger partial charge in [0.1, 0.15) is 5.82 Å². The first kappa shape index (κ1) is 8.55. The minimum absolute atomic E-state index is 0.121. The fraction of sp³-hybridized carbons (Fsp3) is 0. The van der Waals surface area contributed by atoms with Gasteiger partial charge in [-0.05, 0) is 18.2 Å². The molecule has 4 nitrogen and oxygen atoms in total. The van der Waals surface area contributed by atoms with Crippen LogP contribution in [0, 0.1) is 5.82 Å². The summed E-state index contributed by atoms with van der Waals surface area (Å²) in [4.78, 5) is 10.2. The zero-order chi connectivity index (χ0) is 9.97. The average molecular weight is 192 g/mol. The lowest BCUT2D eigenvalue weighted by atomic mass is 10.2. The first-order chi connectivity index (χ1) is 6.79. The Bertz CT molecular complexity index is 467. The summed E-state index contributed by atoms with van der Waals surface area (Å²) in [7, 11) is 0. The topological polar surface area (TPSA) is 56.0 Å². The maximum absolute atomic E-state index is 12.8. The first-order valence-electron chi connectivity index (χ1n) is 3.84. The number of rotatable bonds is 2. The van der Waals surface area contributed by atoms with Crippen LogP contribution < -0.4 is 0 Å². The molecule has 0 saturated carbocycles. The smallest absolute Gasteiger partial charge is 0.280 e. The molecule has 2 aromatic rings. The normalized spacial score (nSPS) is 10.1. The number of aromatic nitrogens is 2. The van der Waals surface area contributed by atoms with E-state index in [4.69, 9.17) is 4.42 Å². The Morgan fingerprint density at radius 3 is 2.86 bits per heavy atom. The highest BCUT2D eigenvalue weighted by molar-refractivity contribution is 5.68. The Labute approximate surface area is 78.4 Å². The summed E-state index contributed by atoms with van der Waals surface area (Å²) in [6.45, 7) is 0. The zero-order valence-corrected chi connectivity index (χ0v) is 6.98. The van der Waals surface area contributed by atoms with Crippen molar-refractivity contribution in [3.05, 3.63) is 36.0 Å². The van der Waals surface area contributed by atoms with Crippen LogP contribution in [0.2, 0.25) is 0 Å². The summed E-state index contributed by atoms with van der Waals surface area (Å²) in [5.41, 5.74) is 0.450. The van der Waals surface area contributed by atoms with E-state index in [1.807, 2.05) is 0 Å². The van der Waals surface area contributed by atoms with Gasteiger partial charge in [0.2, 0.25) is 12.2 Å². The number of carbonyl (C=O) groups excluding carboxylic acids is 1. The summed E-state index contributed by atoms with van der Waals surface area (Å²) in [5.74, 6) is -0.385. The number of nitrogens with zero attached hydrogens (tertiary/aromatic N) is 2. The third-order valence-corrected chi connectivity index (χ3v) is 1.61. The molecule has 0 amide bonds. The molecule has 1 aromatic heterocycles. The van der Waals surface area contributed by atoms with E-state index in [9.17, 15) is 9.18 Å². The minimum Gasteiger partial charge on any atom is -0.414 e. The van der Waals surface area contributed by atoms with E-state index in [-0.39, 0.29) is 11.8 Å². The zero-order valence-electron chi connectivity index (χ0n) is 6.98. The molecule has 0 saturated heterocycles. The molecular formula is C9H5FN2O2. The summed E-state index contributed by atoms with van der Waals surface area (Å²) in [5, 5.41) is 7.02. The molecule has 0 atom stereocenters. The summed E-state index contributed by atoms with van der Waals surface area (Å²) in [6.07, 6.45) is 0.440. The van der Waals surface area contributed by atoms with Gasteiger partial charge in [-0.25, -0.2) is 4.39 Å². The number of benzene rings is 1. The maximum atomic E-state index is 12.8. The number of aldehydes is 1. The summed E-state index contributed by atoms with van der Waals surface area (Å²) >= 11 is 0. The lowest BCUT2D eigenvalue weighted by molar-refractivity contribution is 0.109. The molecule has 0 aliphatic carbocycles. The molecule has 5 heteroatoms. The van der Waals surface area contributed by atoms with Crippen molar-refractivity contribution in [2.75, 3.05) is 0 Å². The van der Waals surface area contributed by atoms with Gasteiger partial charge in [0, 0.05) is 5.56 Å². The van der Waals surface area contributed by atoms with Gasteiger partial charge >= 0.3 is 0 Å². The van der Waals surface area contributed by atoms with Crippen molar-refractivity contribution in [2.45, 2.75) is 0 Å². The highest BCUT2D eigenvalue weighted by Gasteiger charge is 2.07. The van der Waals surface area contributed by atoms with Gasteiger partial charge in [-0.15, -0.1) is 10.2 Å². The molecule has 1 aromatic carbocycles. The van der Waals surface area contributed by atoms with Gasteiger partial charge in [-0.2, -0.15) is 0 Å². The number of hydrogen-bond acceptors (Lipinski definition) is 4. The Balaban J connectivity index is 2.43. The molecule has 0 radical (unpaired) electrons. The van der Waals surface area contributed by atoms with E-state index in [0.29, 0.717) is 11.8 Å². The fourth-order valence-corrected chi connectivity index (χ4v) is 1.02. The van der Waals surface area contributed by atoms with Crippen molar-refractivity contribution in [2.24, 2.45) is 0 Å². The Hall–Kier alpha value is -2.04. The van der Waals surface area contributed by atoms with Crippen LogP contribution in [0.1, 0.15) is 10.7 Å². The second-order valence-corrected chi connectivity index (χ2v) is 2.57. The van der Waals surface area contributed by atoms with Crippen molar-refractivity contribution >= 4 is 6.29 Å². The lowest BCUT2D eigenvalue weighted by Gasteiger charge is -1.92. The molecule has 14 heavy (non-hydrogen) atoms. The Morgan fingerprint density at radius 1 is 1.36 bits per heavy atom. The van der Waals surface area contributed by atoms with Crippen molar-refractivity contribution in [3.63, 3.8) is 0 Å². The van der Waals surface area contributed by atoms with Gasteiger partial charge in [0.15, 0.2) is 0 Å². The van der Waals surface area contributed by atoms with Gasteiger partial charge in [-0.1, -0.05) is 6.07 Å². The van der Waals surface area contributed by atoms with Crippen LogP contribution in [0.3, 0.4) is 0 Å². The third kappa shape index (κ3) is 1.52. The molecule has 0 aliphatic rings. The molecule has 0 bridgehead atoms. The highest BCUT2D eigenvalue weighted by atomic mass is 19.1. The molecule has 0 N–H and O–H groups in total. The fourth-order valence-electron chi connectivity index (χ4n) is 1.02. The van der Waals surface area contributed by atoms with Crippen LogP contribution in [0.4, 0.5) is 4.39 Å². The third-order valence-electron chi connectivity index (χ3n) is 1.61. The number of halogens is 1. The van der Waals surface area contributed by atoms with E-state index >= 15 is 0 Å². The van der Waals surface area contributed by atoms with Crippen LogP contribution in [0.15, 0.2) is 28.7 Å². The number of carbonyl (C=O) groups is 1. The second-order valence-electron chi connectivity index (χ2n) is 2.57. The van der Waals surface area contributed by atoms with Crippen molar-refractivity contribution < 1.29 is 13.6 Å². The van der Waals surface area contributed by atoms with E-state index in [1.165, 1.54) is 18.2 Å². The lowest BCUT2D eigenvalue weighted by Crippen LogP contribution is -1.79. The Kier molecular flexibility index (Phi) is 2.06. The van der Waals surface area contributed by atoms with Crippen LogP contribution in [0.5, 0.6) is 0 Å². The average Bonchev–Trinajstić information content (AvgIpc) is 2.66. The molecule has 0 unspecified atom stereocenters. The first-order valence-corrected chi connectivity index (χ1v) is 3.84. The van der Waals surface area contributed by atoms with Gasteiger partial charge in [0.25, 0.3) is 5.89 Å². The largest absolute Gasteiger partial charge is 0.414 e. The van der Waals surface area contributed by atoms with Gasteiger partial charge in [0.05, 0.1) is 0 Å². The standard InChI is InChI=1S/C9H5FN2O2/c10-7-3-1-2-6(4-7)9-12-11-8(5-13)14-9/h1-5H. The molecule has 0 fully saturated rings. The van der Waals surface area contributed by atoms with Crippen molar-refractivity contribution in [1.82, 2.24) is 10.2 Å². The molecule has 1 heterocycles. The van der Waals surface area contributed by atoms with E-state index in [1.54, 1.807) is 6.07 Å². The van der Waals surface area contributed by atoms with E-state index < -0.39 is 5.82 Å². The Morgan fingerprint density at radius 2 is 2.21 bits per heavy atom. The van der Waals surface area contributed by atoms with Crippen molar-refractivity contribution in [1.29, 1.82) is 0 Å². The molecule has 2 rings (SSSR count). The second kappa shape index (κ2) is 3.37. The quantitative estimate of drug-likeness (QED) is 0.679. The van der Waals surface area contributed by atoms with E-state index in [2.05, 4.69) is 10.2 Å². The molecule has 70 valence electrons. The molecule has 0 aliphatic heterocycles. The van der Waals surface area contributed by atoms with Crippen LogP contribution >= 0.6 is 0 Å². The maximum Gasteiger partial charge on any atom is 0.280 e. The highest BCUT2D eigenvalue weighted by Crippen LogP contribution is 2.17. The minimum atomic E-state index is -0.395. The predicted octanol–water partition coefficient (Wildman–Crippen LogP) is 1.69. The van der Waals surface area contributed by atoms with Crippen LogP contribution in [-0.4, -0.2) is 16.5 Å². The summed E-state index contributed by atoms with van der Waals surface area (Å²) < 4.78 is 17.7. The van der Waals surface area contributed by atoms with Crippen molar-refractivity contribution in [3.8, 4) is 11.5 Å². The molecular weight excluding hydrogens is 187 g/mol. The van der Waals surface area contributed by atoms with Gasteiger partial charge in [-0.3, -0.25) is 4.79 Å². The summed E-state index contributed by atoms with van der Waals surface area (Å²) in [6, 6.07) is 5.70. The van der Waals surface area contributed by atoms with Crippen LogP contribution in [0.25, 0.3) is 11.5 Å². The predicted molar refractivity (Wildman–Crippen MR) is 45.1 cm³/mol. The molecule has 0 spiro atoms. The van der Waals surface area contributed by atoms with E-state index in [0.717, 1.165) is 0 Å². The van der Waals surface area contributed by atoms with Crippen LogP contribution in [-0.2, 0) is 0 Å².